The third kappa shape index (κ3) is 2.19. The first-order chi connectivity index (χ1) is 9.15. The Morgan fingerprint density at radius 1 is 1.58 bits per heavy atom. The number of halogens is 1. The fourth-order valence-corrected chi connectivity index (χ4v) is 2.49. The minimum absolute atomic E-state index is 0.137. The van der Waals surface area contributed by atoms with Gasteiger partial charge in [-0.1, -0.05) is 12.1 Å². The minimum atomic E-state index is -0.398. The lowest BCUT2D eigenvalue weighted by molar-refractivity contribution is 0.0935. The van der Waals surface area contributed by atoms with Crippen molar-refractivity contribution in [2.24, 2.45) is 0 Å². The van der Waals surface area contributed by atoms with Crippen LogP contribution in [0.3, 0.4) is 0 Å². The molecule has 1 atom stereocenters. The first-order valence-electron chi connectivity index (χ1n) is 6.27. The Bertz CT molecular complexity index is 624. The number of amides is 1. The van der Waals surface area contributed by atoms with E-state index in [1.807, 2.05) is 7.05 Å². The van der Waals surface area contributed by atoms with Gasteiger partial charge in [0.2, 0.25) is 0 Å². The van der Waals surface area contributed by atoms with E-state index in [0.717, 1.165) is 19.5 Å². The molecule has 1 saturated heterocycles. The van der Waals surface area contributed by atoms with Crippen LogP contribution in [0, 0.1) is 5.82 Å². The van der Waals surface area contributed by atoms with Crippen LogP contribution >= 0.6 is 0 Å². The van der Waals surface area contributed by atoms with Crippen molar-refractivity contribution in [1.29, 1.82) is 0 Å². The molecule has 1 fully saturated rings. The van der Waals surface area contributed by atoms with Gasteiger partial charge in [-0.25, -0.2) is 4.39 Å². The number of fused-ring (bicyclic) bond motifs is 1. The summed E-state index contributed by atoms with van der Waals surface area (Å²) in [5.41, 5.74) is 0.528. The van der Waals surface area contributed by atoms with Gasteiger partial charge in [0.15, 0.2) is 5.69 Å². The maximum Gasteiger partial charge on any atom is 0.272 e. The van der Waals surface area contributed by atoms with Crippen LogP contribution in [0.4, 0.5) is 4.39 Å². The summed E-state index contributed by atoms with van der Waals surface area (Å²) < 4.78 is 13.5. The standard InChI is InChI=1S/C13H15FN4O/c1-18-6-5-8(7-18)15-13(19)12-9-3-2-4-10(14)11(9)16-17-12/h2-4,8H,5-7H2,1H3,(H,15,19)(H,16,17)/t8-/m1/s1. The van der Waals surface area contributed by atoms with E-state index in [1.165, 1.54) is 6.07 Å². The number of aromatic nitrogens is 2. The highest BCUT2D eigenvalue weighted by Gasteiger charge is 2.23. The number of hydrogen-bond donors (Lipinski definition) is 2. The molecule has 100 valence electrons. The third-order valence-corrected chi connectivity index (χ3v) is 3.49. The zero-order chi connectivity index (χ0) is 13.4. The lowest BCUT2D eigenvalue weighted by atomic mass is 10.2. The van der Waals surface area contributed by atoms with Gasteiger partial charge in [0.25, 0.3) is 5.91 Å². The molecule has 1 amide bonds. The summed E-state index contributed by atoms with van der Waals surface area (Å²) in [6, 6.07) is 4.75. The highest BCUT2D eigenvalue weighted by Crippen LogP contribution is 2.19. The van der Waals surface area contributed by atoms with Crippen LogP contribution in [0.5, 0.6) is 0 Å². The molecule has 1 aromatic carbocycles. The van der Waals surface area contributed by atoms with Crippen LogP contribution in [0.25, 0.3) is 10.9 Å². The van der Waals surface area contributed by atoms with Crippen molar-refractivity contribution >= 4 is 16.8 Å². The lowest BCUT2D eigenvalue weighted by Crippen LogP contribution is -2.36. The van der Waals surface area contributed by atoms with Gasteiger partial charge in [-0.3, -0.25) is 9.89 Å². The monoisotopic (exact) mass is 262 g/mol. The third-order valence-electron chi connectivity index (χ3n) is 3.49. The van der Waals surface area contributed by atoms with Crippen LogP contribution in [-0.4, -0.2) is 47.2 Å². The Hall–Kier alpha value is -1.95. The number of carbonyl (C=O) groups excluding carboxylic acids is 1. The summed E-state index contributed by atoms with van der Waals surface area (Å²) in [4.78, 5) is 14.3. The fraction of sp³-hybridized carbons (Fsp3) is 0.385. The van der Waals surface area contributed by atoms with E-state index in [-0.39, 0.29) is 23.2 Å². The smallest absolute Gasteiger partial charge is 0.272 e. The van der Waals surface area contributed by atoms with Gasteiger partial charge in [-0.15, -0.1) is 0 Å². The SMILES string of the molecule is CN1CC[C@@H](NC(=O)c2n[nH]c3c(F)cccc23)C1. The van der Waals surface area contributed by atoms with Crippen molar-refractivity contribution in [1.82, 2.24) is 20.4 Å². The summed E-state index contributed by atoms with van der Waals surface area (Å²) in [5, 5.41) is 9.96. The molecule has 2 heterocycles. The average Bonchev–Trinajstić information content (AvgIpc) is 2.96. The summed E-state index contributed by atoms with van der Waals surface area (Å²) >= 11 is 0. The fourth-order valence-electron chi connectivity index (χ4n) is 2.49. The first kappa shape index (κ1) is 12.1. The second-order valence-electron chi connectivity index (χ2n) is 4.96. The second kappa shape index (κ2) is 4.62. The first-order valence-corrected chi connectivity index (χ1v) is 6.27. The predicted molar refractivity (Wildman–Crippen MR) is 69.4 cm³/mol. The maximum atomic E-state index is 13.5. The summed E-state index contributed by atoms with van der Waals surface area (Å²) in [7, 11) is 2.02. The number of nitrogens with one attached hydrogen (secondary N) is 2. The molecule has 0 aliphatic carbocycles. The number of benzene rings is 1. The molecule has 0 unspecified atom stereocenters. The summed E-state index contributed by atoms with van der Waals surface area (Å²) in [6.45, 7) is 1.81. The topological polar surface area (TPSA) is 61.0 Å². The molecular formula is C13H15FN4O. The van der Waals surface area contributed by atoms with Gasteiger partial charge in [0.1, 0.15) is 11.3 Å². The molecule has 2 N–H and O–H groups in total. The van der Waals surface area contributed by atoms with E-state index in [9.17, 15) is 9.18 Å². The van der Waals surface area contributed by atoms with Gasteiger partial charge in [-0.05, 0) is 26.1 Å². The van der Waals surface area contributed by atoms with E-state index in [4.69, 9.17) is 0 Å². The lowest BCUT2D eigenvalue weighted by Gasteiger charge is -2.11. The quantitative estimate of drug-likeness (QED) is 0.853. The Labute approximate surface area is 109 Å². The molecule has 6 heteroatoms. The average molecular weight is 262 g/mol. The van der Waals surface area contributed by atoms with E-state index < -0.39 is 5.82 Å². The second-order valence-corrected chi connectivity index (χ2v) is 4.96. The Morgan fingerprint density at radius 3 is 3.16 bits per heavy atom. The number of aromatic amines is 1. The van der Waals surface area contributed by atoms with Crippen LogP contribution in [0.1, 0.15) is 16.9 Å². The van der Waals surface area contributed by atoms with Crippen molar-refractivity contribution in [2.45, 2.75) is 12.5 Å². The number of hydrogen-bond acceptors (Lipinski definition) is 3. The van der Waals surface area contributed by atoms with Crippen molar-refractivity contribution in [3.05, 3.63) is 29.7 Å². The molecule has 0 radical (unpaired) electrons. The molecule has 1 aliphatic rings. The van der Waals surface area contributed by atoms with E-state index >= 15 is 0 Å². The largest absolute Gasteiger partial charge is 0.347 e. The number of carbonyl (C=O) groups is 1. The molecule has 5 nitrogen and oxygen atoms in total. The van der Waals surface area contributed by atoms with Gasteiger partial charge in [0, 0.05) is 18.0 Å². The molecule has 19 heavy (non-hydrogen) atoms. The van der Waals surface area contributed by atoms with Crippen LogP contribution in [-0.2, 0) is 0 Å². The number of rotatable bonds is 2. The van der Waals surface area contributed by atoms with Crippen molar-refractivity contribution in [2.75, 3.05) is 20.1 Å². The number of para-hydroxylation sites is 1. The number of likely N-dealkylation sites (N-methyl/N-ethyl adjacent to an activating group) is 1. The Morgan fingerprint density at radius 2 is 2.42 bits per heavy atom. The van der Waals surface area contributed by atoms with E-state index in [2.05, 4.69) is 20.4 Å². The van der Waals surface area contributed by atoms with Gasteiger partial charge < -0.3 is 10.2 Å². The van der Waals surface area contributed by atoms with E-state index in [1.54, 1.807) is 12.1 Å². The molecule has 3 rings (SSSR count). The van der Waals surface area contributed by atoms with Gasteiger partial charge >= 0.3 is 0 Å². The number of H-pyrrole nitrogens is 1. The predicted octanol–water partition coefficient (Wildman–Crippen LogP) is 1.14. The van der Waals surface area contributed by atoms with Crippen LogP contribution < -0.4 is 5.32 Å². The highest BCUT2D eigenvalue weighted by molar-refractivity contribution is 6.04. The molecule has 0 saturated carbocycles. The zero-order valence-electron chi connectivity index (χ0n) is 10.6. The maximum absolute atomic E-state index is 13.5. The van der Waals surface area contributed by atoms with E-state index in [0.29, 0.717) is 5.39 Å². The van der Waals surface area contributed by atoms with Gasteiger partial charge in [-0.2, -0.15) is 5.10 Å². The highest BCUT2D eigenvalue weighted by atomic mass is 19.1. The number of likely N-dealkylation sites (tertiary alicyclic amines) is 1. The Kier molecular flexibility index (Phi) is 2.94. The van der Waals surface area contributed by atoms with Crippen molar-refractivity contribution < 1.29 is 9.18 Å². The summed E-state index contributed by atoms with van der Waals surface area (Å²) in [5.74, 6) is -0.651. The van der Waals surface area contributed by atoms with Gasteiger partial charge in [0.05, 0.1) is 0 Å². The zero-order valence-corrected chi connectivity index (χ0v) is 10.6. The molecule has 0 bridgehead atoms. The summed E-state index contributed by atoms with van der Waals surface area (Å²) in [6.07, 6.45) is 0.930. The van der Waals surface area contributed by atoms with Crippen LogP contribution in [0.2, 0.25) is 0 Å². The molecular weight excluding hydrogens is 247 g/mol. The molecule has 1 aliphatic heterocycles. The van der Waals surface area contributed by atoms with Crippen LogP contribution in [0.15, 0.2) is 18.2 Å². The van der Waals surface area contributed by atoms with Crippen molar-refractivity contribution in [3.8, 4) is 0 Å². The Balaban J connectivity index is 1.84. The molecule has 1 aromatic heterocycles. The normalized spacial score (nSPS) is 20.0. The van der Waals surface area contributed by atoms with Crippen molar-refractivity contribution in [3.63, 3.8) is 0 Å². The number of nitrogens with zero attached hydrogens (tertiary/aromatic N) is 2. The minimum Gasteiger partial charge on any atom is -0.347 e. The molecule has 2 aromatic rings. The molecule has 0 spiro atoms.